The third-order valence-corrected chi connectivity index (χ3v) is 4.29. The molecule has 102 valence electrons. The van der Waals surface area contributed by atoms with Gasteiger partial charge >= 0.3 is 0 Å². The molecule has 0 spiro atoms. The van der Waals surface area contributed by atoms with Crippen LogP contribution >= 0.6 is 0 Å². The summed E-state index contributed by atoms with van der Waals surface area (Å²) < 4.78 is 2.33. The van der Waals surface area contributed by atoms with E-state index < -0.39 is 0 Å². The van der Waals surface area contributed by atoms with Gasteiger partial charge in [0.1, 0.15) is 0 Å². The van der Waals surface area contributed by atoms with Crippen molar-refractivity contribution in [3.8, 4) is 0 Å². The molecule has 3 rings (SSSR count). The van der Waals surface area contributed by atoms with E-state index in [1.54, 1.807) is 0 Å². The molecule has 0 aliphatic heterocycles. The van der Waals surface area contributed by atoms with Crippen LogP contribution in [-0.4, -0.2) is 10.6 Å². The van der Waals surface area contributed by atoms with E-state index in [1.165, 1.54) is 41.3 Å². The molecule has 3 nitrogen and oxygen atoms in total. The van der Waals surface area contributed by atoms with Crippen molar-refractivity contribution in [2.45, 2.75) is 51.9 Å². The number of hydrogen-bond acceptors (Lipinski definition) is 2. The van der Waals surface area contributed by atoms with Gasteiger partial charge in [0, 0.05) is 42.8 Å². The Balaban J connectivity index is 1.91. The molecule has 0 radical (unpaired) electrons. The molecule has 1 aliphatic carbocycles. The quantitative estimate of drug-likeness (QED) is 0.865. The number of nitrogens with zero attached hydrogens (tertiary/aromatic N) is 1. The number of hydrogen-bond donors (Lipinski definition) is 2. The number of rotatable bonds is 5. The van der Waals surface area contributed by atoms with Crippen LogP contribution in [0, 0.1) is 0 Å². The van der Waals surface area contributed by atoms with Crippen LogP contribution in [0.1, 0.15) is 37.3 Å². The first-order valence-corrected chi connectivity index (χ1v) is 7.36. The molecule has 1 saturated carbocycles. The largest absolute Gasteiger partial charge is 0.347 e. The molecule has 1 heterocycles. The van der Waals surface area contributed by atoms with Crippen LogP contribution in [0.15, 0.2) is 24.4 Å². The predicted octanol–water partition coefficient (Wildman–Crippen LogP) is 2.76. The van der Waals surface area contributed by atoms with E-state index in [0.29, 0.717) is 6.54 Å². The van der Waals surface area contributed by atoms with Crippen LogP contribution in [-0.2, 0) is 19.6 Å². The summed E-state index contributed by atoms with van der Waals surface area (Å²) in [6, 6.07) is 7.32. The standard InChI is InChI=1S/C16H23N3/c1-2-19-11-13(10-18-14-4-3-5-14)15-8-12(9-17)6-7-16(15)19/h6-8,11,14,18H,2-5,9-10,17H2,1H3. The van der Waals surface area contributed by atoms with Crippen molar-refractivity contribution in [2.24, 2.45) is 5.73 Å². The maximum atomic E-state index is 5.76. The van der Waals surface area contributed by atoms with Crippen LogP contribution in [0.5, 0.6) is 0 Å². The highest BCUT2D eigenvalue weighted by Gasteiger charge is 2.17. The maximum Gasteiger partial charge on any atom is 0.0483 e. The molecule has 1 aromatic heterocycles. The van der Waals surface area contributed by atoms with Crippen LogP contribution in [0.4, 0.5) is 0 Å². The average molecular weight is 257 g/mol. The molecule has 19 heavy (non-hydrogen) atoms. The summed E-state index contributed by atoms with van der Waals surface area (Å²) in [4.78, 5) is 0. The zero-order chi connectivity index (χ0) is 13.2. The minimum atomic E-state index is 0.614. The lowest BCUT2D eigenvalue weighted by Crippen LogP contribution is -2.34. The summed E-state index contributed by atoms with van der Waals surface area (Å²) in [5.41, 5.74) is 9.70. The second kappa shape index (κ2) is 5.35. The van der Waals surface area contributed by atoms with E-state index in [9.17, 15) is 0 Å². The van der Waals surface area contributed by atoms with Crippen molar-refractivity contribution in [3.63, 3.8) is 0 Å². The highest BCUT2D eigenvalue weighted by atomic mass is 15.0. The van der Waals surface area contributed by atoms with Crippen molar-refractivity contribution in [2.75, 3.05) is 0 Å². The zero-order valence-electron chi connectivity index (χ0n) is 11.7. The molecule has 0 saturated heterocycles. The number of fused-ring (bicyclic) bond motifs is 1. The summed E-state index contributed by atoms with van der Waals surface area (Å²) >= 11 is 0. The van der Waals surface area contributed by atoms with Crippen molar-refractivity contribution in [1.29, 1.82) is 0 Å². The van der Waals surface area contributed by atoms with E-state index in [1.807, 2.05) is 0 Å². The second-order valence-electron chi connectivity index (χ2n) is 5.50. The number of benzene rings is 1. The Morgan fingerprint density at radius 1 is 1.37 bits per heavy atom. The van der Waals surface area contributed by atoms with Crippen LogP contribution in [0.3, 0.4) is 0 Å². The Labute approximate surface area is 114 Å². The van der Waals surface area contributed by atoms with Gasteiger partial charge < -0.3 is 15.6 Å². The lowest BCUT2D eigenvalue weighted by Gasteiger charge is -2.26. The first kappa shape index (κ1) is 12.7. The molecular weight excluding hydrogens is 234 g/mol. The van der Waals surface area contributed by atoms with Gasteiger partial charge in [-0.1, -0.05) is 12.5 Å². The summed E-state index contributed by atoms with van der Waals surface area (Å²) in [7, 11) is 0. The van der Waals surface area contributed by atoms with Gasteiger partial charge in [0.25, 0.3) is 0 Å². The number of nitrogens with one attached hydrogen (secondary N) is 1. The lowest BCUT2D eigenvalue weighted by atomic mass is 9.93. The Morgan fingerprint density at radius 2 is 2.21 bits per heavy atom. The first-order valence-electron chi connectivity index (χ1n) is 7.36. The van der Waals surface area contributed by atoms with E-state index in [0.717, 1.165) is 19.1 Å². The fourth-order valence-corrected chi connectivity index (χ4v) is 2.81. The Hall–Kier alpha value is -1.32. The smallest absolute Gasteiger partial charge is 0.0483 e. The molecule has 1 fully saturated rings. The molecule has 3 N–H and O–H groups in total. The highest BCUT2D eigenvalue weighted by Crippen LogP contribution is 2.24. The summed E-state index contributed by atoms with van der Waals surface area (Å²) in [5, 5.41) is 5.02. The summed E-state index contributed by atoms with van der Waals surface area (Å²) in [6.45, 7) is 4.80. The second-order valence-corrected chi connectivity index (χ2v) is 5.50. The topological polar surface area (TPSA) is 43.0 Å². The fourth-order valence-electron chi connectivity index (χ4n) is 2.81. The SMILES string of the molecule is CCn1cc(CNC2CCC2)c2cc(CN)ccc21. The third-order valence-electron chi connectivity index (χ3n) is 4.29. The molecule has 2 aromatic rings. The number of aromatic nitrogens is 1. The highest BCUT2D eigenvalue weighted by molar-refractivity contribution is 5.84. The van der Waals surface area contributed by atoms with Crippen LogP contribution < -0.4 is 11.1 Å². The number of aryl methyl sites for hydroxylation is 1. The van der Waals surface area contributed by atoms with E-state index in [4.69, 9.17) is 5.73 Å². The third kappa shape index (κ3) is 2.40. The van der Waals surface area contributed by atoms with Crippen molar-refractivity contribution in [3.05, 3.63) is 35.5 Å². The van der Waals surface area contributed by atoms with Gasteiger partial charge in [-0.05, 0) is 43.0 Å². The predicted molar refractivity (Wildman–Crippen MR) is 80.0 cm³/mol. The van der Waals surface area contributed by atoms with Gasteiger partial charge in [-0.25, -0.2) is 0 Å². The monoisotopic (exact) mass is 257 g/mol. The van der Waals surface area contributed by atoms with Crippen molar-refractivity contribution < 1.29 is 0 Å². The molecule has 0 unspecified atom stereocenters. The molecule has 1 aliphatic rings. The summed E-state index contributed by atoms with van der Waals surface area (Å²) in [5.74, 6) is 0. The van der Waals surface area contributed by atoms with Crippen molar-refractivity contribution >= 4 is 10.9 Å². The number of nitrogens with two attached hydrogens (primary N) is 1. The Morgan fingerprint density at radius 3 is 2.84 bits per heavy atom. The molecule has 3 heteroatoms. The van der Waals surface area contributed by atoms with E-state index >= 15 is 0 Å². The van der Waals surface area contributed by atoms with E-state index in [-0.39, 0.29) is 0 Å². The minimum Gasteiger partial charge on any atom is -0.347 e. The van der Waals surface area contributed by atoms with Gasteiger partial charge in [-0.15, -0.1) is 0 Å². The van der Waals surface area contributed by atoms with Gasteiger partial charge in [-0.2, -0.15) is 0 Å². The van der Waals surface area contributed by atoms with Gasteiger partial charge in [0.15, 0.2) is 0 Å². The van der Waals surface area contributed by atoms with Gasteiger partial charge in [-0.3, -0.25) is 0 Å². The Kier molecular flexibility index (Phi) is 3.58. The molecule has 0 atom stereocenters. The first-order chi connectivity index (χ1) is 9.31. The zero-order valence-corrected chi connectivity index (χ0v) is 11.7. The average Bonchev–Trinajstić information content (AvgIpc) is 2.74. The Bertz CT molecular complexity index is 567. The molecule has 0 bridgehead atoms. The molecule has 1 aromatic carbocycles. The van der Waals surface area contributed by atoms with Crippen LogP contribution in [0.25, 0.3) is 10.9 Å². The lowest BCUT2D eigenvalue weighted by molar-refractivity contribution is 0.338. The normalized spacial score (nSPS) is 15.9. The van der Waals surface area contributed by atoms with Gasteiger partial charge in [0.05, 0.1) is 0 Å². The van der Waals surface area contributed by atoms with Crippen molar-refractivity contribution in [1.82, 2.24) is 9.88 Å². The van der Waals surface area contributed by atoms with Gasteiger partial charge in [0.2, 0.25) is 0 Å². The van der Waals surface area contributed by atoms with E-state index in [2.05, 4.69) is 41.2 Å². The summed E-state index contributed by atoms with van der Waals surface area (Å²) in [6.07, 6.45) is 6.34. The molecule has 0 amide bonds. The maximum absolute atomic E-state index is 5.76. The fraction of sp³-hybridized carbons (Fsp3) is 0.500. The van der Waals surface area contributed by atoms with Crippen LogP contribution in [0.2, 0.25) is 0 Å². The minimum absolute atomic E-state index is 0.614. The molecular formula is C16H23N3.